The van der Waals surface area contributed by atoms with Gasteiger partial charge in [0.1, 0.15) is 4.75 Å². The maximum absolute atomic E-state index is 12.3. The van der Waals surface area contributed by atoms with E-state index in [-0.39, 0.29) is 10.8 Å². The molecule has 1 fully saturated rings. The van der Waals surface area contributed by atoms with Crippen molar-refractivity contribution in [2.75, 3.05) is 6.61 Å². The third-order valence-electron chi connectivity index (χ3n) is 3.60. The zero-order chi connectivity index (χ0) is 17.2. The molecule has 1 aromatic heterocycles. The summed E-state index contributed by atoms with van der Waals surface area (Å²) < 4.78 is 44.7. The molecule has 0 saturated heterocycles. The molecule has 0 unspecified atom stereocenters. The van der Waals surface area contributed by atoms with Gasteiger partial charge in [-0.2, -0.15) is 0 Å². The van der Waals surface area contributed by atoms with Gasteiger partial charge in [0.05, 0.1) is 6.04 Å². The summed E-state index contributed by atoms with van der Waals surface area (Å²) >= 11 is -1.19. The number of alkyl halides is 2. The Balaban J connectivity index is 2.12. The maximum Gasteiger partial charge on any atom is 0.272 e. The van der Waals surface area contributed by atoms with Crippen molar-refractivity contribution < 1.29 is 18.1 Å². The molecule has 1 heterocycles. The van der Waals surface area contributed by atoms with E-state index in [0.29, 0.717) is 11.8 Å². The van der Waals surface area contributed by atoms with Crippen LogP contribution in [0.3, 0.4) is 0 Å². The van der Waals surface area contributed by atoms with Crippen LogP contribution in [-0.2, 0) is 11.4 Å². The molecule has 1 N–H and O–H groups in total. The van der Waals surface area contributed by atoms with Crippen molar-refractivity contribution in [3.63, 3.8) is 0 Å². The average Bonchev–Trinajstić information content (AvgIpc) is 3.28. The molecule has 0 amide bonds. The molecule has 7 heteroatoms. The molecule has 4 nitrogen and oxygen atoms in total. The molecule has 1 aliphatic carbocycles. The van der Waals surface area contributed by atoms with Gasteiger partial charge in [0.15, 0.2) is 6.61 Å². The van der Waals surface area contributed by atoms with E-state index in [0.717, 1.165) is 24.0 Å². The number of ether oxygens (including phenoxy) is 1. The lowest BCUT2D eigenvalue weighted by atomic mass is 10.1. The Labute approximate surface area is 139 Å². The fraction of sp³-hybridized carbons (Fsp3) is 0.688. The molecule has 0 radical (unpaired) electrons. The van der Waals surface area contributed by atoms with Gasteiger partial charge in [-0.1, -0.05) is 0 Å². The van der Waals surface area contributed by atoms with E-state index in [9.17, 15) is 13.3 Å². The van der Waals surface area contributed by atoms with Crippen LogP contribution in [0.4, 0.5) is 8.78 Å². The fourth-order valence-corrected chi connectivity index (χ4v) is 2.89. The van der Waals surface area contributed by atoms with Gasteiger partial charge in [-0.05, 0) is 58.1 Å². The van der Waals surface area contributed by atoms with Gasteiger partial charge in [-0.3, -0.25) is 0 Å². The van der Waals surface area contributed by atoms with E-state index in [1.54, 1.807) is 6.20 Å². The van der Waals surface area contributed by atoms with Gasteiger partial charge < -0.3 is 9.29 Å². The smallest absolute Gasteiger partial charge is 0.272 e. The van der Waals surface area contributed by atoms with Crippen molar-refractivity contribution in [1.82, 2.24) is 9.71 Å². The number of hydrogen-bond donors (Lipinski definition) is 1. The Morgan fingerprint density at radius 3 is 2.61 bits per heavy atom. The molecule has 1 saturated carbocycles. The topological polar surface area (TPSA) is 57.2 Å². The first-order valence-corrected chi connectivity index (χ1v) is 8.92. The molecule has 0 aromatic carbocycles. The quantitative estimate of drug-likeness (QED) is 0.765. The van der Waals surface area contributed by atoms with Crippen LogP contribution >= 0.6 is 0 Å². The van der Waals surface area contributed by atoms with Crippen LogP contribution in [0.2, 0.25) is 0 Å². The van der Waals surface area contributed by atoms with Gasteiger partial charge in [0.2, 0.25) is 5.88 Å². The molecule has 2 atom stereocenters. The number of halogens is 2. The summed E-state index contributed by atoms with van der Waals surface area (Å²) in [4.78, 5) is 4.21. The highest BCUT2D eigenvalue weighted by Crippen LogP contribution is 2.44. The van der Waals surface area contributed by atoms with Crippen LogP contribution in [0.1, 0.15) is 63.6 Å². The van der Waals surface area contributed by atoms with Gasteiger partial charge >= 0.3 is 0 Å². The maximum atomic E-state index is 12.3. The van der Waals surface area contributed by atoms with E-state index < -0.39 is 24.4 Å². The minimum absolute atomic E-state index is 0.149. The summed E-state index contributed by atoms with van der Waals surface area (Å²) in [7, 11) is 0. The largest absolute Gasteiger partial charge is 0.598 e. The number of nitrogens with one attached hydrogen (secondary N) is 1. The SMILES string of the molecule is C[C@@H](N[S@+]([O-])C(C)(C)C)c1cnc(OCC(F)F)c(C2CC2)c1. The lowest BCUT2D eigenvalue weighted by Crippen LogP contribution is -2.40. The molecule has 130 valence electrons. The first-order valence-electron chi connectivity index (χ1n) is 7.77. The summed E-state index contributed by atoms with van der Waals surface area (Å²) in [6.07, 6.45) is 1.13. The molecule has 23 heavy (non-hydrogen) atoms. The van der Waals surface area contributed by atoms with Gasteiger partial charge in [0, 0.05) is 23.1 Å². The summed E-state index contributed by atoms with van der Waals surface area (Å²) in [5.74, 6) is 0.621. The zero-order valence-electron chi connectivity index (χ0n) is 13.9. The van der Waals surface area contributed by atoms with Crippen LogP contribution in [0.25, 0.3) is 0 Å². The minimum atomic E-state index is -2.52. The standard InChI is InChI=1S/C16H24F2N2O2S/c1-10(20-23(21)16(2,3)4)12-7-13(11-5-6-11)15(19-8-12)22-9-14(17)18/h7-8,10-11,14,20H,5-6,9H2,1-4H3/t10-,23-/m1/s1. The first-order chi connectivity index (χ1) is 10.7. The zero-order valence-corrected chi connectivity index (χ0v) is 14.8. The van der Waals surface area contributed by atoms with E-state index in [1.807, 2.05) is 33.8 Å². The third kappa shape index (κ3) is 5.29. The molecular formula is C16H24F2N2O2S. The van der Waals surface area contributed by atoms with Crippen molar-refractivity contribution in [3.8, 4) is 5.88 Å². The van der Waals surface area contributed by atoms with Gasteiger partial charge in [-0.15, -0.1) is 4.72 Å². The normalized spacial score (nSPS) is 18.1. The Kier molecular flexibility index (Phi) is 5.86. The second kappa shape index (κ2) is 7.32. The molecular weight excluding hydrogens is 322 g/mol. The molecule has 1 aromatic rings. The predicted molar refractivity (Wildman–Crippen MR) is 87.2 cm³/mol. The van der Waals surface area contributed by atoms with Crippen molar-refractivity contribution in [2.45, 2.75) is 63.7 Å². The second-order valence-electron chi connectivity index (χ2n) is 6.86. The summed E-state index contributed by atoms with van der Waals surface area (Å²) in [5, 5.41) is 0. The number of aromatic nitrogens is 1. The molecule has 1 aliphatic rings. The lowest BCUT2D eigenvalue weighted by Gasteiger charge is -2.26. The lowest BCUT2D eigenvalue weighted by molar-refractivity contribution is 0.0790. The number of rotatable bonds is 7. The Bertz CT molecular complexity index is 533. The summed E-state index contributed by atoms with van der Waals surface area (Å²) in [6.45, 7) is 6.97. The number of hydrogen-bond acceptors (Lipinski definition) is 4. The number of pyridine rings is 1. The number of nitrogens with zero attached hydrogens (tertiary/aromatic N) is 1. The van der Waals surface area contributed by atoms with E-state index in [2.05, 4.69) is 9.71 Å². The minimum Gasteiger partial charge on any atom is -0.598 e. The monoisotopic (exact) mass is 346 g/mol. The van der Waals surface area contributed by atoms with Crippen LogP contribution in [-0.4, -0.2) is 27.3 Å². The highest BCUT2D eigenvalue weighted by Gasteiger charge is 2.31. The van der Waals surface area contributed by atoms with E-state index in [1.165, 1.54) is 0 Å². The first kappa shape index (κ1) is 18.4. The van der Waals surface area contributed by atoms with Crippen LogP contribution in [0.15, 0.2) is 12.3 Å². The van der Waals surface area contributed by atoms with Crippen molar-refractivity contribution in [2.24, 2.45) is 0 Å². The molecule has 0 bridgehead atoms. The van der Waals surface area contributed by atoms with Gasteiger partial charge in [-0.25, -0.2) is 13.8 Å². The van der Waals surface area contributed by atoms with E-state index >= 15 is 0 Å². The Hall–Kier alpha value is -0.920. The Morgan fingerprint density at radius 2 is 2.09 bits per heavy atom. The average molecular weight is 346 g/mol. The van der Waals surface area contributed by atoms with Crippen LogP contribution < -0.4 is 9.46 Å². The summed E-state index contributed by atoms with van der Waals surface area (Å²) in [6, 6.07) is 1.78. The van der Waals surface area contributed by atoms with Crippen molar-refractivity contribution in [1.29, 1.82) is 0 Å². The highest BCUT2D eigenvalue weighted by molar-refractivity contribution is 7.90. The van der Waals surface area contributed by atoms with Crippen LogP contribution in [0, 0.1) is 0 Å². The molecule has 2 rings (SSSR count). The second-order valence-corrected chi connectivity index (χ2v) is 8.86. The van der Waals surface area contributed by atoms with Crippen LogP contribution in [0.5, 0.6) is 5.88 Å². The highest BCUT2D eigenvalue weighted by atomic mass is 32.2. The van der Waals surface area contributed by atoms with Gasteiger partial charge in [0.25, 0.3) is 6.43 Å². The molecule has 0 aliphatic heterocycles. The van der Waals surface area contributed by atoms with Crippen molar-refractivity contribution in [3.05, 3.63) is 23.4 Å². The Morgan fingerprint density at radius 1 is 1.43 bits per heavy atom. The predicted octanol–water partition coefficient (Wildman–Crippen LogP) is 3.72. The third-order valence-corrected chi connectivity index (χ3v) is 5.28. The molecule has 0 spiro atoms. The van der Waals surface area contributed by atoms with Crippen molar-refractivity contribution >= 4 is 11.4 Å². The summed E-state index contributed by atoms with van der Waals surface area (Å²) in [5.41, 5.74) is 1.76. The van der Waals surface area contributed by atoms with E-state index in [4.69, 9.17) is 4.74 Å². The fourth-order valence-electron chi connectivity index (χ4n) is 2.08.